The van der Waals surface area contributed by atoms with Gasteiger partial charge in [0.2, 0.25) is 0 Å². The van der Waals surface area contributed by atoms with Crippen LogP contribution in [0.1, 0.15) is 11.3 Å². The molecule has 2 nitrogen and oxygen atoms in total. The molecule has 18 heavy (non-hydrogen) atoms. The summed E-state index contributed by atoms with van der Waals surface area (Å²) in [5, 5.41) is 2.73. The number of halogens is 3. The molecule has 2 aromatic rings. The maximum Gasteiger partial charge on any atom is 0.152 e. The summed E-state index contributed by atoms with van der Waals surface area (Å²) in [6.07, 6.45) is 1.64. The molecule has 0 aliphatic heterocycles. The van der Waals surface area contributed by atoms with Crippen LogP contribution in [0.15, 0.2) is 34.9 Å². The highest BCUT2D eigenvalue weighted by Gasteiger charge is 2.10. The Morgan fingerprint density at radius 2 is 2.00 bits per heavy atom. The number of rotatable bonds is 3. The predicted molar refractivity (Wildman–Crippen MR) is 70.4 cm³/mol. The standard InChI is InChI=1S/C13H11BrF2N2/c1-8-2-5-11(15)13(12(8)16)18-7-10-4-3-9(14)6-17-10/h2-6,18H,7H2,1H3. The van der Waals surface area contributed by atoms with E-state index in [1.165, 1.54) is 12.1 Å². The molecular weight excluding hydrogens is 302 g/mol. The second-order valence-corrected chi connectivity index (χ2v) is 4.79. The largest absolute Gasteiger partial charge is 0.375 e. The van der Waals surface area contributed by atoms with E-state index in [-0.39, 0.29) is 12.2 Å². The molecule has 0 saturated carbocycles. The van der Waals surface area contributed by atoms with E-state index in [0.29, 0.717) is 11.3 Å². The smallest absolute Gasteiger partial charge is 0.152 e. The van der Waals surface area contributed by atoms with Gasteiger partial charge >= 0.3 is 0 Å². The first-order valence-electron chi connectivity index (χ1n) is 5.37. The highest BCUT2D eigenvalue weighted by atomic mass is 79.9. The van der Waals surface area contributed by atoms with Gasteiger partial charge in [-0.15, -0.1) is 0 Å². The molecular formula is C13H11BrF2N2. The van der Waals surface area contributed by atoms with Gasteiger partial charge in [0.1, 0.15) is 11.5 Å². The maximum atomic E-state index is 13.7. The van der Waals surface area contributed by atoms with Crippen molar-refractivity contribution in [2.24, 2.45) is 0 Å². The van der Waals surface area contributed by atoms with Gasteiger partial charge in [-0.3, -0.25) is 4.98 Å². The summed E-state index contributed by atoms with van der Waals surface area (Å²) in [6, 6.07) is 6.26. The van der Waals surface area contributed by atoms with Crippen LogP contribution >= 0.6 is 15.9 Å². The van der Waals surface area contributed by atoms with Crippen LogP contribution in [-0.4, -0.2) is 4.98 Å². The lowest BCUT2D eigenvalue weighted by Gasteiger charge is -2.10. The number of aromatic nitrogens is 1. The SMILES string of the molecule is Cc1ccc(F)c(NCc2ccc(Br)cn2)c1F. The van der Waals surface area contributed by atoms with E-state index in [2.05, 4.69) is 26.2 Å². The zero-order chi connectivity index (χ0) is 13.1. The monoisotopic (exact) mass is 312 g/mol. The summed E-state index contributed by atoms with van der Waals surface area (Å²) >= 11 is 3.27. The molecule has 0 aliphatic rings. The number of pyridine rings is 1. The fourth-order valence-corrected chi connectivity index (χ4v) is 1.74. The Morgan fingerprint density at radius 1 is 1.22 bits per heavy atom. The Labute approximate surface area is 112 Å². The zero-order valence-corrected chi connectivity index (χ0v) is 11.3. The third-order valence-electron chi connectivity index (χ3n) is 2.52. The van der Waals surface area contributed by atoms with Crippen molar-refractivity contribution < 1.29 is 8.78 Å². The molecule has 1 heterocycles. The molecule has 0 amide bonds. The molecule has 0 fully saturated rings. The Hall–Kier alpha value is -1.49. The summed E-state index contributed by atoms with van der Waals surface area (Å²) in [4.78, 5) is 4.12. The predicted octanol–water partition coefficient (Wildman–Crippen LogP) is 4.04. The van der Waals surface area contributed by atoms with Gasteiger partial charge in [0.25, 0.3) is 0 Å². The van der Waals surface area contributed by atoms with Crippen molar-refractivity contribution in [1.82, 2.24) is 4.98 Å². The number of nitrogens with zero attached hydrogens (tertiary/aromatic N) is 1. The third kappa shape index (κ3) is 2.85. The average molecular weight is 313 g/mol. The molecule has 0 spiro atoms. The fourth-order valence-electron chi connectivity index (χ4n) is 1.51. The molecule has 0 atom stereocenters. The topological polar surface area (TPSA) is 24.9 Å². The Balaban J connectivity index is 2.15. The van der Waals surface area contributed by atoms with Crippen molar-refractivity contribution in [3.63, 3.8) is 0 Å². The highest BCUT2D eigenvalue weighted by molar-refractivity contribution is 9.10. The van der Waals surface area contributed by atoms with Gasteiger partial charge in [0.15, 0.2) is 5.82 Å². The third-order valence-corrected chi connectivity index (χ3v) is 2.99. The number of nitrogens with one attached hydrogen (secondary N) is 1. The molecule has 0 bridgehead atoms. The van der Waals surface area contributed by atoms with E-state index in [1.807, 2.05) is 6.07 Å². The molecule has 1 aromatic carbocycles. The second kappa shape index (κ2) is 5.44. The van der Waals surface area contributed by atoms with Crippen molar-refractivity contribution in [1.29, 1.82) is 0 Å². The van der Waals surface area contributed by atoms with E-state index < -0.39 is 11.6 Å². The van der Waals surface area contributed by atoms with Crippen LogP contribution < -0.4 is 5.32 Å². The van der Waals surface area contributed by atoms with Crippen molar-refractivity contribution in [2.45, 2.75) is 13.5 Å². The molecule has 0 radical (unpaired) electrons. The number of anilines is 1. The molecule has 1 N–H and O–H groups in total. The summed E-state index contributed by atoms with van der Waals surface area (Å²) < 4.78 is 28.0. The van der Waals surface area contributed by atoms with E-state index in [4.69, 9.17) is 0 Å². The number of benzene rings is 1. The van der Waals surface area contributed by atoms with Crippen LogP contribution in [0.25, 0.3) is 0 Å². The summed E-state index contributed by atoms with van der Waals surface area (Å²) in [5.74, 6) is -1.16. The number of aryl methyl sites for hydroxylation is 1. The van der Waals surface area contributed by atoms with E-state index in [9.17, 15) is 8.78 Å². The van der Waals surface area contributed by atoms with Crippen LogP contribution in [-0.2, 0) is 6.54 Å². The van der Waals surface area contributed by atoms with Crippen LogP contribution in [0.4, 0.5) is 14.5 Å². The maximum absolute atomic E-state index is 13.7. The first-order valence-corrected chi connectivity index (χ1v) is 6.16. The first kappa shape index (κ1) is 13.0. The van der Waals surface area contributed by atoms with Gasteiger partial charge in [-0.2, -0.15) is 0 Å². The van der Waals surface area contributed by atoms with E-state index in [0.717, 1.165) is 4.47 Å². The van der Waals surface area contributed by atoms with Crippen molar-refractivity contribution >= 4 is 21.6 Å². The fraction of sp³-hybridized carbons (Fsp3) is 0.154. The Kier molecular flexibility index (Phi) is 3.91. The average Bonchev–Trinajstić information content (AvgIpc) is 2.36. The minimum Gasteiger partial charge on any atom is -0.375 e. The first-order chi connectivity index (χ1) is 8.58. The van der Waals surface area contributed by atoms with Gasteiger partial charge in [-0.1, -0.05) is 6.07 Å². The molecule has 2 rings (SSSR count). The normalized spacial score (nSPS) is 10.4. The van der Waals surface area contributed by atoms with Crippen molar-refractivity contribution in [3.05, 3.63) is 57.8 Å². The number of hydrogen-bond acceptors (Lipinski definition) is 2. The van der Waals surface area contributed by atoms with Crippen molar-refractivity contribution in [3.8, 4) is 0 Å². The minimum absolute atomic E-state index is 0.111. The molecule has 5 heteroatoms. The van der Waals surface area contributed by atoms with Gasteiger partial charge in [-0.05, 0) is 46.6 Å². The lowest BCUT2D eigenvalue weighted by atomic mass is 10.2. The highest BCUT2D eigenvalue weighted by Crippen LogP contribution is 2.22. The van der Waals surface area contributed by atoms with Gasteiger partial charge < -0.3 is 5.32 Å². The van der Waals surface area contributed by atoms with Gasteiger partial charge in [0.05, 0.1) is 12.2 Å². The summed E-state index contributed by atoms with van der Waals surface area (Å²) in [5.41, 5.74) is 1.00. The molecule has 1 aromatic heterocycles. The molecule has 0 unspecified atom stereocenters. The van der Waals surface area contributed by atoms with Gasteiger partial charge in [0, 0.05) is 10.7 Å². The number of hydrogen-bond donors (Lipinski definition) is 1. The van der Waals surface area contributed by atoms with E-state index in [1.54, 1.807) is 19.2 Å². The lowest BCUT2D eigenvalue weighted by molar-refractivity contribution is 0.582. The van der Waals surface area contributed by atoms with Gasteiger partial charge in [-0.25, -0.2) is 8.78 Å². The Bertz CT molecular complexity index is 556. The van der Waals surface area contributed by atoms with Crippen LogP contribution in [0.5, 0.6) is 0 Å². The summed E-state index contributed by atoms with van der Waals surface area (Å²) in [7, 11) is 0. The summed E-state index contributed by atoms with van der Waals surface area (Å²) in [6.45, 7) is 1.86. The minimum atomic E-state index is -0.602. The zero-order valence-electron chi connectivity index (χ0n) is 9.67. The lowest BCUT2D eigenvalue weighted by Crippen LogP contribution is -2.06. The second-order valence-electron chi connectivity index (χ2n) is 3.87. The Morgan fingerprint density at radius 3 is 2.67 bits per heavy atom. The van der Waals surface area contributed by atoms with Crippen molar-refractivity contribution in [2.75, 3.05) is 5.32 Å². The van der Waals surface area contributed by atoms with Crippen LogP contribution in [0.2, 0.25) is 0 Å². The van der Waals surface area contributed by atoms with Crippen LogP contribution in [0, 0.1) is 18.6 Å². The molecule has 0 saturated heterocycles. The molecule has 94 valence electrons. The quantitative estimate of drug-likeness (QED) is 0.925. The van der Waals surface area contributed by atoms with Crippen LogP contribution in [0.3, 0.4) is 0 Å². The van der Waals surface area contributed by atoms with E-state index >= 15 is 0 Å². The molecule has 0 aliphatic carbocycles.